The Morgan fingerprint density at radius 2 is 1.79 bits per heavy atom. The summed E-state index contributed by atoms with van der Waals surface area (Å²) in [6.45, 7) is 4.52. The van der Waals surface area contributed by atoms with Gasteiger partial charge in [0.25, 0.3) is 5.91 Å². The number of amides is 2. The van der Waals surface area contributed by atoms with Gasteiger partial charge in [-0.2, -0.15) is 0 Å². The molecule has 3 N–H and O–H groups in total. The normalized spacial score (nSPS) is 11.1. The van der Waals surface area contributed by atoms with Gasteiger partial charge in [-0.05, 0) is 63.4 Å². The molecule has 4 rings (SSSR count). The maximum Gasteiger partial charge on any atom is 0.255 e. The van der Waals surface area contributed by atoms with Gasteiger partial charge in [0.2, 0.25) is 11.9 Å². The zero-order valence-electron chi connectivity index (χ0n) is 21.3. The molecular formula is C27H25ClIN7O2S. The van der Waals surface area contributed by atoms with Crippen LogP contribution in [0.5, 0.6) is 0 Å². The summed E-state index contributed by atoms with van der Waals surface area (Å²) in [5.74, 6) is -0.142. The van der Waals surface area contributed by atoms with Crippen LogP contribution in [0.25, 0.3) is 10.6 Å². The minimum atomic E-state index is -0.281. The van der Waals surface area contributed by atoms with E-state index in [0.29, 0.717) is 45.8 Å². The van der Waals surface area contributed by atoms with Crippen LogP contribution in [0.15, 0.2) is 66.9 Å². The third-order valence-electron chi connectivity index (χ3n) is 5.28. The molecule has 9 nitrogen and oxygen atoms in total. The summed E-state index contributed by atoms with van der Waals surface area (Å²) in [6.07, 6.45) is 4.81. The first-order valence-corrected chi connectivity index (χ1v) is 13.9. The Morgan fingerprint density at radius 1 is 1.05 bits per heavy atom. The van der Waals surface area contributed by atoms with Gasteiger partial charge in [0.1, 0.15) is 5.69 Å². The standard InChI is InChI=1S/C27H25ClIN7O2S/c1-16-25(39-17(2)31-16)24-22(28)15-30-27(35-24)34-21-7-4-6-20(14-21)33-26(38)18-9-11-19(12-10-18)32-23(37)8-5-13-36(3)29/h4-12,14-15H,13H2,1-3H3,(H,32,37)(H,33,38)(H,30,34,35)/b8-5+. The highest BCUT2D eigenvalue weighted by Crippen LogP contribution is 2.34. The third kappa shape index (κ3) is 8.05. The second-order valence-electron chi connectivity index (χ2n) is 8.45. The summed E-state index contributed by atoms with van der Waals surface area (Å²) in [4.78, 5) is 39.1. The molecule has 2 heterocycles. The molecule has 0 saturated heterocycles. The van der Waals surface area contributed by atoms with Crippen molar-refractivity contribution in [3.8, 4) is 10.6 Å². The molecule has 0 aliphatic heterocycles. The Bertz CT molecular complexity index is 1520. The van der Waals surface area contributed by atoms with Crippen LogP contribution in [0.2, 0.25) is 5.02 Å². The van der Waals surface area contributed by atoms with Crippen LogP contribution in [-0.2, 0) is 4.79 Å². The van der Waals surface area contributed by atoms with Gasteiger partial charge in [-0.3, -0.25) is 9.59 Å². The molecule has 0 aliphatic carbocycles. The van der Waals surface area contributed by atoms with Crippen LogP contribution in [0.4, 0.5) is 23.0 Å². The van der Waals surface area contributed by atoms with Crippen molar-refractivity contribution in [3.63, 3.8) is 0 Å². The molecule has 4 aromatic rings. The lowest BCUT2D eigenvalue weighted by molar-refractivity contribution is -0.111. The first-order chi connectivity index (χ1) is 18.7. The Labute approximate surface area is 249 Å². The predicted molar refractivity (Wildman–Crippen MR) is 166 cm³/mol. The van der Waals surface area contributed by atoms with Crippen molar-refractivity contribution < 1.29 is 9.59 Å². The summed E-state index contributed by atoms with van der Waals surface area (Å²) in [5.41, 5.74) is 3.82. The SMILES string of the molecule is Cc1nc(C)c(-c2nc(Nc3cccc(NC(=O)c4ccc(NC(=O)/C=C/CN(C)I)cc4)c3)ncc2Cl)s1. The van der Waals surface area contributed by atoms with Crippen molar-refractivity contribution in [1.29, 1.82) is 0 Å². The maximum atomic E-state index is 12.8. The number of carbonyl (C=O) groups is 2. The molecule has 0 bridgehead atoms. The first kappa shape index (κ1) is 28.6. The minimum absolute atomic E-state index is 0.233. The number of benzene rings is 2. The van der Waals surface area contributed by atoms with E-state index in [9.17, 15) is 9.59 Å². The van der Waals surface area contributed by atoms with E-state index in [-0.39, 0.29) is 11.8 Å². The van der Waals surface area contributed by atoms with E-state index in [2.05, 4.69) is 53.8 Å². The Balaban J connectivity index is 1.40. The largest absolute Gasteiger partial charge is 0.324 e. The Kier molecular flexibility index (Phi) is 9.62. The van der Waals surface area contributed by atoms with Crippen LogP contribution in [0, 0.1) is 13.8 Å². The molecule has 2 amide bonds. The van der Waals surface area contributed by atoms with Crippen LogP contribution >= 0.6 is 45.8 Å². The molecule has 0 fully saturated rings. The molecule has 0 atom stereocenters. The summed E-state index contributed by atoms with van der Waals surface area (Å²) in [7, 11) is 1.91. The number of nitrogens with zero attached hydrogens (tertiary/aromatic N) is 4. The number of hydrogen-bond acceptors (Lipinski definition) is 8. The van der Waals surface area contributed by atoms with Gasteiger partial charge in [-0.25, -0.2) is 18.1 Å². The quantitative estimate of drug-likeness (QED) is 0.104. The Hall–Kier alpha value is -3.39. The number of aromatic nitrogens is 3. The topological polar surface area (TPSA) is 112 Å². The predicted octanol–water partition coefficient (Wildman–Crippen LogP) is 6.64. The van der Waals surface area contributed by atoms with Crippen molar-refractivity contribution in [2.45, 2.75) is 13.8 Å². The fourth-order valence-corrected chi connectivity index (χ4v) is 4.93. The monoisotopic (exact) mass is 673 g/mol. The van der Waals surface area contributed by atoms with Gasteiger partial charge in [-0.15, -0.1) is 11.3 Å². The molecular weight excluding hydrogens is 649 g/mol. The molecule has 0 saturated carbocycles. The average Bonchev–Trinajstić information content (AvgIpc) is 3.23. The lowest BCUT2D eigenvalue weighted by atomic mass is 10.2. The smallest absolute Gasteiger partial charge is 0.255 e. The van der Waals surface area contributed by atoms with Crippen LogP contribution in [0.3, 0.4) is 0 Å². The maximum absolute atomic E-state index is 12.8. The summed E-state index contributed by atoms with van der Waals surface area (Å²) < 4.78 is 1.92. The lowest BCUT2D eigenvalue weighted by Gasteiger charge is -2.10. The van der Waals surface area contributed by atoms with Crippen molar-refractivity contribution >= 4 is 80.6 Å². The molecule has 39 heavy (non-hydrogen) atoms. The number of hydrogen-bond donors (Lipinski definition) is 3. The number of likely N-dealkylation sites (N-methyl/N-ethyl adjacent to an activating group) is 1. The van der Waals surface area contributed by atoms with Crippen LogP contribution in [0.1, 0.15) is 21.1 Å². The van der Waals surface area contributed by atoms with Crippen LogP contribution in [-0.4, -0.2) is 43.5 Å². The first-order valence-electron chi connectivity index (χ1n) is 11.8. The summed E-state index contributed by atoms with van der Waals surface area (Å²) in [6, 6.07) is 13.9. The van der Waals surface area contributed by atoms with Crippen molar-refractivity contribution in [3.05, 3.63) is 88.2 Å². The lowest BCUT2D eigenvalue weighted by Crippen LogP contribution is -2.13. The van der Waals surface area contributed by atoms with E-state index in [0.717, 1.165) is 15.6 Å². The van der Waals surface area contributed by atoms with Crippen molar-refractivity contribution in [2.24, 2.45) is 0 Å². The fourth-order valence-electron chi connectivity index (χ4n) is 3.54. The highest BCUT2D eigenvalue weighted by atomic mass is 127. The summed E-state index contributed by atoms with van der Waals surface area (Å²) >= 11 is 10.0. The Morgan fingerprint density at radius 3 is 2.49 bits per heavy atom. The molecule has 2 aromatic heterocycles. The van der Waals surface area contributed by atoms with Gasteiger partial charge in [0.15, 0.2) is 0 Å². The fraction of sp³-hybridized carbons (Fsp3) is 0.148. The van der Waals surface area contributed by atoms with E-state index in [4.69, 9.17) is 11.6 Å². The van der Waals surface area contributed by atoms with Gasteiger partial charge in [0, 0.05) is 58.1 Å². The van der Waals surface area contributed by atoms with Gasteiger partial charge in [-0.1, -0.05) is 23.7 Å². The highest BCUT2D eigenvalue weighted by Gasteiger charge is 2.15. The van der Waals surface area contributed by atoms with Crippen molar-refractivity contribution in [1.82, 2.24) is 18.1 Å². The minimum Gasteiger partial charge on any atom is -0.324 e. The van der Waals surface area contributed by atoms with Crippen molar-refractivity contribution in [2.75, 3.05) is 29.5 Å². The number of anilines is 4. The number of carbonyl (C=O) groups excluding carboxylic acids is 2. The van der Waals surface area contributed by atoms with E-state index < -0.39 is 0 Å². The van der Waals surface area contributed by atoms with E-state index in [1.807, 2.05) is 36.1 Å². The molecule has 2 aromatic carbocycles. The average molecular weight is 674 g/mol. The number of nitrogens with one attached hydrogen (secondary N) is 3. The van der Waals surface area contributed by atoms with Crippen LogP contribution < -0.4 is 16.0 Å². The number of rotatable bonds is 9. The molecule has 12 heteroatoms. The second-order valence-corrected chi connectivity index (χ2v) is 11.7. The molecule has 0 spiro atoms. The van der Waals surface area contributed by atoms with E-state index >= 15 is 0 Å². The highest BCUT2D eigenvalue weighted by molar-refractivity contribution is 14.1. The molecule has 200 valence electrons. The molecule has 0 radical (unpaired) electrons. The van der Waals surface area contributed by atoms with Gasteiger partial charge >= 0.3 is 0 Å². The number of thiazole rings is 1. The number of aryl methyl sites for hydroxylation is 2. The number of halogens is 2. The molecule has 0 aliphatic rings. The second kappa shape index (κ2) is 13.1. The zero-order chi connectivity index (χ0) is 27.9. The van der Waals surface area contributed by atoms with Gasteiger partial charge in [0.05, 0.1) is 26.8 Å². The summed E-state index contributed by atoms with van der Waals surface area (Å²) in [5, 5.41) is 10.2. The van der Waals surface area contributed by atoms with Gasteiger partial charge < -0.3 is 16.0 Å². The molecule has 0 unspecified atom stereocenters. The van der Waals surface area contributed by atoms with E-state index in [1.54, 1.807) is 48.7 Å². The third-order valence-corrected chi connectivity index (χ3v) is 7.03. The van der Waals surface area contributed by atoms with E-state index in [1.165, 1.54) is 17.4 Å². The zero-order valence-corrected chi connectivity index (χ0v) is 25.1.